The molecule has 1 aliphatic carbocycles. The first kappa shape index (κ1) is 28.6. The number of rotatable bonds is 8. The molecule has 15 nitrogen and oxygen atoms in total. The summed E-state index contributed by atoms with van der Waals surface area (Å²) in [5, 5.41) is 79.1. The predicted molar refractivity (Wildman–Crippen MR) is 129 cm³/mol. The van der Waals surface area contributed by atoms with Gasteiger partial charge in [-0.2, -0.15) is 0 Å². The van der Waals surface area contributed by atoms with Gasteiger partial charge in [0.2, 0.25) is 6.29 Å². The number of phenolic OH excluding ortho intramolecular Hbond substituents is 3. The van der Waals surface area contributed by atoms with Crippen LogP contribution in [0.15, 0.2) is 45.6 Å². The summed E-state index contributed by atoms with van der Waals surface area (Å²) in [4.78, 5) is 34.4. The molecule has 0 spiro atoms. The number of carboxylic acid groups (broad SMARTS) is 1. The van der Waals surface area contributed by atoms with Crippen LogP contribution in [0.2, 0.25) is 0 Å². The molecule has 214 valence electrons. The second-order valence-corrected chi connectivity index (χ2v) is 8.87. The standard InChI is InChI=1S/C25H24O15/c26-10-4-13(28)11-6-17(23(38-16(11)5-10)9-1-2-12(27)14(29)3-9)39-25-22(34)21(33)20(32)18(40-25)8-37-19(31)7-15(30)24(35)36/h1-6,15,18,20-22,25,27-30,32-34H,7-8H2,(H,35,36)/t15-,18-,20-,21+,22-,25-/m1/s1. The number of fused-ring (bicyclic) bond motifs is 1. The van der Waals surface area contributed by atoms with Crippen LogP contribution in [0.3, 0.4) is 0 Å². The van der Waals surface area contributed by atoms with E-state index in [1.54, 1.807) is 0 Å². The summed E-state index contributed by atoms with van der Waals surface area (Å²) in [7, 11) is 0. The summed E-state index contributed by atoms with van der Waals surface area (Å²) in [5.41, 5.74) is -0.482. The van der Waals surface area contributed by atoms with Gasteiger partial charge in [0.05, 0.1) is 12.0 Å². The number of aromatic hydroxyl groups is 3. The molecule has 15 heteroatoms. The molecule has 0 unspecified atom stereocenters. The van der Waals surface area contributed by atoms with E-state index in [9.17, 15) is 50.1 Å². The molecule has 3 aliphatic rings. The number of carbonyl (C=O) groups excluding carboxylic acids is 1. The summed E-state index contributed by atoms with van der Waals surface area (Å²) in [6.07, 6.45) is -11.8. The summed E-state index contributed by atoms with van der Waals surface area (Å²) >= 11 is 0. The van der Waals surface area contributed by atoms with Crippen molar-refractivity contribution in [3.05, 3.63) is 46.6 Å². The molecule has 6 atom stereocenters. The fourth-order valence-corrected chi connectivity index (χ4v) is 3.88. The van der Waals surface area contributed by atoms with Gasteiger partial charge in [-0.15, -0.1) is 0 Å². The topological polar surface area (TPSA) is 254 Å². The molecule has 0 bridgehead atoms. The van der Waals surface area contributed by atoms with E-state index in [1.165, 1.54) is 12.1 Å². The Labute approximate surface area is 223 Å². The highest BCUT2D eigenvalue weighted by atomic mass is 16.7. The number of benzene rings is 2. The molecule has 1 saturated heterocycles. The molecule has 0 aromatic heterocycles. The lowest BCUT2D eigenvalue weighted by molar-refractivity contribution is -0.278. The Balaban J connectivity index is 1.65. The van der Waals surface area contributed by atoms with E-state index in [1.807, 2.05) is 0 Å². The third-order valence-electron chi connectivity index (χ3n) is 6.01. The lowest BCUT2D eigenvalue weighted by Gasteiger charge is -2.40. The SMILES string of the molecule is O=C(C[C@@H](O)C(=O)O)OC[C@H]1O[C@@H](Oc2cc3c(O)cc(=O)cc-3oc2-c2ccc(O)c(O)c2)[C@H](O)[C@@H](O)[C@@H]1O. The Kier molecular flexibility index (Phi) is 8.13. The fourth-order valence-electron chi connectivity index (χ4n) is 3.88. The van der Waals surface area contributed by atoms with Crippen LogP contribution in [-0.2, 0) is 19.1 Å². The predicted octanol–water partition coefficient (Wildman–Crippen LogP) is -0.906. The second-order valence-electron chi connectivity index (χ2n) is 8.87. The molecule has 2 aliphatic heterocycles. The lowest BCUT2D eigenvalue weighted by atomic mass is 9.99. The third-order valence-corrected chi connectivity index (χ3v) is 6.01. The van der Waals surface area contributed by atoms with E-state index in [2.05, 4.69) is 0 Å². The Morgan fingerprint density at radius 2 is 1.65 bits per heavy atom. The van der Waals surface area contributed by atoms with E-state index in [-0.39, 0.29) is 28.4 Å². The summed E-state index contributed by atoms with van der Waals surface area (Å²) in [6, 6.07) is 6.73. The number of ether oxygens (including phenoxy) is 3. The number of hydrogen-bond donors (Lipinski definition) is 8. The number of carboxylic acids is 1. The quantitative estimate of drug-likeness (QED) is 0.122. The average molecular weight is 564 g/mol. The molecule has 0 radical (unpaired) electrons. The van der Waals surface area contributed by atoms with Gasteiger partial charge in [0.25, 0.3) is 0 Å². The average Bonchev–Trinajstić information content (AvgIpc) is 2.89. The van der Waals surface area contributed by atoms with Crippen molar-refractivity contribution in [1.29, 1.82) is 0 Å². The van der Waals surface area contributed by atoms with Gasteiger partial charge < -0.3 is 59.5 Å². The Morgan fingerprint density at radius 3 is 2.33 bits per heavy atom. The van der Waals surface area contributed by atoms with Gasteiger partial charge in [-0.05, 0) is 24.3 Å². The number of carbonyl (C=O) groups is 2. The molecular formula is C25H24O15. The fraction of sp³-hybridized carbons (Fsp3) is 0.320. The number of aliphatic hydroxyl groups is 4. The van der Waals surface area contributed by atoms with Crippen molar-refractivity contribution in [1.82, 2.24) is 0 Å². The monoisotopic (exact) mass is 564 g/mol. The van der Waals surface area contributed by atoms with Gasteiger partial charge >= 0.3 is 11.9 Å². The van der Waals surface area contributed by atoms with Gasteiger partial charge in [0.15, 0.2) is 34.5 Å². The first-order valence-corrected chi connectivity index (χ1v) is 11.6. The second kappa shape index (κ2) is 11.4. The first-order chi connectivity index (χ1) is 18.8. The molecule has 4 rings (SSSR count). The molecule has 1 aromatic carbocycles. The van der Waals surface area contributed by atoms with Crippen molar-refractivity contribution in [2.24, 2.45) is 0 Å². The molecule has 2 heterocycles. The van der Waals surface area contributed by atoms with Crippen LogP contribution >= 0.6 is 0 Å². The van der Waals surface area contributed by atoms with Crippen molar-refractivity contribution in [3.63, 3.8) is 0 Å². The molecule has 40 heavy (non-hydrogen) atoms. The first-order valence-electron chi connectivity index (χ1n) is 11.6. The minimum absolute atomic E-state index is 0.00491. The van der Waals surface area contributed by atoms with E-state index < -0.39 is 84.5 Å². The van der Waals surface area contributed by atoms with Crippen molar-refractivity contribution in [3.8, 4) is 45.6 Å². The maximum Gasteiger partial charge on any atom is 0.333 e. The number of aliphatic hydroxyl groups excluding tert-OH is 4. The lowest BCUT2D eigenvalue weighted by Crippen LogP contribution is -2.60. The highest BCUT2D eigenvalue weighted by Gasteiger charge is 2.46. The van der Waals surface area contributed by atoms with E-state index in [0.717, 1.165) is 24.3 Å². The van der Waals surface area contributed by atoms with Gasteiger partial charge in [0, 0.05) is 17.7 Å². The van der Waals surface area contributed by atoms with E-state index >= 15 is 0 Å². The van der Waals surface area contributed by atoms with Crippen LogP contribution in [0.5, 0.6) is 23.0 Å². The number of aliphatic carboxylic acids is 1. The zero-order valence-electron chi connectivity index (χ0n) is 20.3. The normalized spacial score (nSPS) is 23.4. The van der Waals surface area contributed by atoms with Crippen molar-refractivity contribution in [2.75, 3.05) is 6.61 Å². The highest BCUT2D eigenvalue weighted by molar-refractivity contribution is 5.80. The smallest absolute Gasteiger partial charge is 0.333 e. The van der Waals surface area contributed by atoms with Crippen molar-refractivity contribution < 1.29 is 69.1 Å². The Bertz CT molecular complexity index is 1430. The van der Waals surface area contributed by atoms with Crippen LogP contribution in [0.25, 0.3) is 22.6 Å². The number of esters is 1. The molecule has 1 aromatic rings. The minimum Gasteiger partial charge on any atom is -0.507 e. The van der Waals surface area contributed by atoms with Gasteiger partial charge in [0.1, 0.15) is 42.5 Å². The molecule has 1 fully saturated rings. The summed E-state index contributed by atoms with van der Waals surface area (Å²) in [6.45, 7) is -0.732. The molecule has 0 amide bonds. The zero-order chi connectivity index (χ0) is 29.3. The van der Waals surface area contributed by atoms with Gasteiger partial charge in [-0.1, -0.05) is 0 Å². The zero-order valence-corrected chi connectivity index (χ0v) is 20.3. The van der Waals surface area contributed by atoms with E-state index in [4.69, 9.17) is 23.7 Å². The minimum atomic E-state index is -2.03. The maximum absolute atomic E-state index is 11.9. The Morgan fingerprint density at radius 1 is 0.925 bits per heavy atom. The van der Waals surface area contributed by atoms with Crippen molar-refractivity contribution in [2.45, 2.75) is 43.2 Å². The van der Waals surface area contributed by atoms with Gasteiger partial charge in [-0.3, -0.25) is 9.59 Å². The summed E-state index contributed by atoms with van der Waals surface area (Å²) < 4.78 is 21.8. The Hall–Kier alpha value is -4.41. The molecule has 0 saturated carbocycles. The number of phenols is 3. The van der Waals surface area contributed by atoms with Crippen molar-refractivity contribution >= 4 is 11.9 Å². The number of hydrogen-bond acceptors (Lipinski definition) is 14. The highest BCUT2D eigenvalue weighted by Crippen LogP contribution is 2.43. The third kappa shape index (κ3) is 5.93. The van der Waals surface area contributed by atoms with Crippen LogP contribution < -0.4 is 10.2 Å². The summed E-state index contributed by atoms with van der Waals surface area (Å²) in [5.74, 6) is -4.80. The van der Waals surface area contributed by atoms with Gasteiger partial charge in [-0.25, -0.2) is 4.79 Å². The molecule has 8 N–H and O–H groups in total. The van der Waals surface area contributed by atoms with Crippen LogP contribution in [0, 0.1) is 0 Å². The van der Waals surface area contributed by atoms with Crippen LogP contribution in [0.1, 0.15) is 6.42 Å². The van der Waals surface area contributed by atoms with E-state index in [0.29, 0.717) is 0 Å². The van der Waals surface area contributed by atoms with Crippen LogP contribution in [-0.4, -0.2) is 96.2 Å². The molecular weight excluding hydrogens is 540 g/mol. The maximum atomic E-state index is 11.9. The largest absolute Gasteiger partial charge is 0.507 e. The van der Waals surface area contributed by atoms with Crippen LogP contribution in [0.4, 0.5) is 0 Å².